The second-order valence-corrected chi connectivity index (χ2v) is 4.26. The molecule has 0 unspecified atom stereocenters. The lowest BCUT2D eigenvalue weighted by atomic mass is 9.85. The summed E-state index contributed by atoms with van der Waals surface area (Å²) in [5.41, 5.74) is -3.07. The first-order valence-electron chi connectivity index (χ1n) is 4.86. The van der Waals surface area contributed by atoms with Crippen molar-refractivity contribution in [2.75, 3.05) is 0 Å². The van der Waals surface area contributed by atoms with Gasteiger partial charge in [-0.05, 0) is 25.5 Å². The predicted octanol–water partition coefficient (Wildman–Crippen LogP) is 3.41. The molecule has 0 aliphatic heterocycles. The van der Waals surface area contributed by atoms with Gasteiger partial charge in [0, 0.05) is 12.1 Å². The largest absolute Gasteiger partial charge is 0.416 e. The van der Waals surface area contributed by atoms with Crippen LogP contribution in [0.4, 0.5) is 18.9 Å². The Labute approximate surface area is 101 Å². The second kappa shape index (κ2) is 4.29. The summed E-state index contributed by atoms with van der Waals surface area (Å²) in [6.45, 7) is 2.79. The van der Waals surface area contributed by atoms with Crippen molar-refractivity contribution in [3.8, 4) is 6.07 Å². The molecule has 4 nitrogen and oxygen atoms in total. The van der Waals surface area contributed by atoms with Crippen molar-refractivity contribution in [2.45, 2.75) is 25.4 Å². The lowest BCUT2D eigenvalue weighted by Crippen LogP contribution is -2.16. The fourth-order valence-corrected chi connectivity index (χ4v) is 1.31. The number of nitrogens with zero attached hydrogens (tertiary/aromatic N) is 2. The van der Waals surface area contributed by atoms with E-state index in [0.717, 1.165) is 12.1 Å². The first-order valence-corrected chi connectivity index (χ1v) is 4.86. The molecule has 7 heteroatoms. The van der Waals surface area contributed by atoms with Gasteiger partial charge in [0.2, 0.25) is 0 Å². The van der Waals surface area contributed by atoms with Gasteiger partial charge >= 0.3 is 6.18 Å². The van der Waals surface area contributed by atoms with Crippen LogP contribution in [0, 0.1) is 21.4 Å². The highest BCUT2D eigenvalue weighted by molar-refractivity contribution is 5.45. The van der Waals surface area contributed by atoms with E-state index in [-0.39, 0.29) is 5.56 Å². The van der Waals surface area contributed by atoms with Crippen molar-refractivity contribution in [2.24, 2.45) is 0 Å². The molecule has 1 aromatic rings. The van der Waals surface area contributed by atoms with E-state index in [9.17, 15) is 23.3 Å². The third-order valence-electron chi connectivity index (χ3n) is 2.46. The first kappa shape index (κ1) is 14.0. The predicted molar refractivity (Wildman–Crippen MR) is 56.7 cm³/mol. The van der Waals surface area contributed by atoms with Crippen LogP contribution in [0.15, 0.2) is 18.2 Å². The van der Waals surface area contributed by atoms with Crippen molar-refractivity contribution in [1.29, 1.82) is 5.26 Å². The molecule has 0 atom stereocenters. The van der Waals surface area contributed by atoms with Gasteiger partial charge < -0.3 is 0 Å². The van der Waals surface area contributed by atoms with Gasteiger partial charge in [0.1, 0.15) is 0 Å². The minimum Gasteiger partial charge on any atom is -0.258 e. The van der Waals surface area contributed by atoms with Gasteiger partial charge in [0.15, 0.2) is 0 Å². The number of alkyl halides is 3. The Morgan fingerprint density at radius 2 is 1.72 bits per heavy atom. The Morgan fingerprint density at radius 1 is 1.22 bits per heavy atom. The molecule has 0 N–H and O–H groups in total. The third-order valence-corrected chi connectivity index (χ3v) is 2.46. The van der Waals surface area contributed by atoms with Crippen molar-refractivity contribution in [1.82, 2.24) is 0 Å². The maximum atomic E-state index is 12.6. The molecule has 0 radical (unpaired) electrons. The Kier molecular flexibility index (Phi) is 3.33. The number of hydrogen-bond acceptors (Lipinski definition) is 3. The lowest BCUT2D eigenvalue weighted by molar-refractivity contribution is -0.385. The van der Waals surface area contributed by atoms with Crippen molar-refractivity contribution >= 4 is 5.69 Å². The zero-order chi connectivity index (χ0) is 14.1. The molecule has 1 aromatic carbocycles. The molecule has 1 rings (SSSR count). The number of halogens is 3. The summed E-state index contributed by atoms with van der Waals surface area (Å²) in [7, 11) is 0. The smallest absolute Gasteiger partial charge is 0.258 e. The van der Waals surface area contributed by atoms with Crippen molar-refractivity contribution in [3.05, 3.63) is 39.4 Å². The van der Waals surface area contributed by atoms with E-state index in [2.05, 4.69) is 0 Å². The highest BCUT2D eigenvalue weighted by Crippen LogP contribution is 2.35. The fraction of sp³-hybridized carbons (Fsp3) is 0.364. The molecule has 0 amide bonds. The Balaban J connectivity index is 3.52. The van der Waals surface area contributed by atoms with Crippen LogP contribution in [-0.2, 0) is 11.6 Å². The first-order chi connectivity index (χ1) is 8.08. The van der Waals surface area contributed by atoms with Gasteiger partial charge in [-0.1, -0.05) is 0 Å². The average molecular weight is 258 g/mol. The van der Waals surface area contributed by atoms with E-state index >= 15 is 0 Å². The molecule has 0 aromatic heterocycles. The van der Waals surface area contributed by atoms with Crippen molar-refractivity contribution in [3.63, 3.8) is 0 Å². The van der Waals surface area contributed by atoms with Crippen LogP contribution in [0.3, 0.4) is 0 Å². The highest BCUT2D eigenvalue weighted by atomic mass is 19.4. The average Bonchev–Trinajstić information content (AvgIpc) is 2.27. The molecule has 18 heavy (non-hydrogen) atoms. The summed E-state index contributed by atoms with van der Waals surface area (Å²) in [5, 5.41) is 19.5. The normalized spacial score (nSPS) is 12.0. The molecule has 0 aliphatic carbocycles. The second-order valence-electron chi connectivity index (χ2n) is 4.26. The quantitative estimate of drug-likeness (QED) is 0.603. The Bertz CT molecular complexity index is 530. The van der Waals surface area contributed by atoms with Crippen LogP contribution in [0.25, 0.3) is 0 Å². The van der Waals surface area contributed by atoms with E-state index in [1.807, 2.05) is 6.07 Å². The summed E-state index contributed by atoms with van der Waals surface area (Å²) >= 11 is 0. The van der Waals surface area contributed by atoms with Crippen LogP contribution < -0.4 is 0 Å². The lowest BCUT2D eigenvalue weighted by Gasteiger charge is -2.17. The zero-order valence-electron chi connectivity index (χ0n) is 9.58. The summed E-state index contributed by atoms with van der Waals surface area (Å²) < 4.78 is 37.8. The van der Waals surface area contributed by atoms with E-state index in [1.165, 1.54) is 13.8 Å². The zero-order valence-corrected chi connectivity index (χ0v) is 9.58. The number of hydrogen-bond donors (Lipinski definition) is 0. The summed E-state index contributed by atoms with van der Waals surface area (Å²) in [6, 6.07) is 4.01. The molecule has 0 spiro atoms. The van der Waals surface area contributed by atoms with Crippen LogP contribution >= 0.6 is 0 Å². The standard InChI is InChI=1S/C11H9F3N2O2/c1-10(2,6-15)7-3-8(11(12,13)14)5-9(4-7)16(17)18/h3-5H,1-2H3. The molecular weight excluding hydrogens is 249 g/mol. The van der Waals surface area contributed by atoms with Crippen LogP contribution in [0.1, 0.15) is 25.0 Å². The topological polar surface area (TPSA) is 66.9 Å². The van der Waals surface area contributed by atoms with Crippen LogP contribution in [0.2, 0.25) is 0 Å². The van der Waals surface area contributed by atoms with Gasteiger partial charge in [-0.15, -0.1) is 0 Å². The highest BCUT2D eigenvalue weighted by Gasteiger charge is 2.34. The Hall–Kier alpha value is -2.10. The number of nitro groups is 1. The van der Waals surface area contributed by atoms with E-state index < -0.39 is 27.8 Å². The van der Waals surface area contributed by atoms with E-state index in [4.69, 9.17) is 5.26 Å². The molecule has 0 aliphatic rings. The number of nitro benzene ring substituents is 1. The number of nitriles is 1. The molecule has 0 bridgehead atoms. The minimum atomic E-state index is -4.69. The van der Waals surface area contributed by atoms with Crippen LogP contribution in [-0.4, -0.2) is 4.92 Å². The molecule has 0 heterocycles. The third kappa shape index (κ3) is 2.77. The Morgan fingerprint density at radius 3 is 2.11 bits per heavy atom. The van der Waals surface area contributed by atoms with E-state index in [1.54, 1.807) is 0 Å². The van der Waals surface area contributed by atoms with Gasteiger partial charge in [0.25, 0.3) is 5.69 Å². The molecular formula is C11H9F3N2O2. The van der Waals surface area contributed by atoms with Gasteiger partial charge in [-0.3, -0.25) is 10.1 Å². The van der Waals surface area contributed by atoms with Gasteiger partial charge in [-0.2, -0.15) is 18.4 Å². The minimum absolute atomic E-state index is 0.0356. The maximum absolute atomic E-state index is 12.6. The fourth-order valence-electron chi connectivity index (χ4n) is 1.31. The molecule has 96 valence electrons. The summed E-state index contributed by atoms with van der Waals surface area (Å²) in [4.78, 5) is 9.69. The van der Waals surface area contributed by atoms with E-state index in [0.29, 0.717) is 6.07 Å². The SMILES string of the molecule is CC(C)(C#N)c1cc([N+](=O)[O-])cc(C(F)(F)F)c1. The van der Waals surface area contributed by atoms with Crippen molar-refractivity contribution < 1.29 is 18.1 Å². The molecule has 0 saturated carbocycles. The van der Waals surface area contributed by atoms with Gasteiger partial charge in [-0.25, -0.2) is 0 Å². The summed E-state index contributed by atoms with van der Waals surface area (Å²) in [5.74, 6) is 0. The molecule has 0 fully saturated rings. The molecule has 0 saturated heterocycles. The van der Waals surface area contributed by atoms with Gasteiger partial charge in [0.05, 0.1) is 22.0 Å². The number of benzene rings is 1. The summed E-state index contributed by atoms with van der Waals surface area (Å²) in [6.07, 6.45) is -4.69. The van der Waals surface area contributed by atoms with Crippen LogP contribution in [0.5, 0.6) is 0 Å². The number of non-ortho nitro benzene ring substituents is 1. The monoisotopic (exact) mass is 258 g/mol. The maximum Gasteiger partial charge on any atom is 0.416 e. The number of rotatable bonds is 2.